The standard InChI is InChI=1S/C16H26N2O/c1-4-12-18(6-3)13-11-17-15-9-7-14(8-10-15)16(19)5-2/h7-10,17H,4-6,11-13H2,1-3H3. The summed E-state index contributed by atoms with van der Waals surface area (Å²) in [6, 6.07) is 7.77. The predicted molar refractivity (Wildman–Crippen MR) is 82.0 cm³/mol. The molecule has 0 aliphatic heterocycles. The lowest BCUT2D eigenvalue weighted by atomic mass is 10.1. The molecule has 0 atom stereocenters. The number of hydrogen-bond donors (Lipinski definition) is 1. The van der Waals surface area contributed by atoms with Crippen LogP contribution in [0.25, 0.3) is 0 Å². The largest absolute Gasteiger partial charge is 0.384 e. The van der Waals surface area contributed by atoms with Gasteiger partial charge in [-0.05, 0) is 43.8 Å². The Morgan fingerprint density at radius 3 is 2.32 bits per heavy atom. The molecular formula is C16H26N2O. The number of nitrogens with zero attached hydrogens (tertiary/aromatic N) is 1. The van der Waals surface area contributed by atoms with Crippen molar-refractivity contribution >= 4 is 11.5 Å². The summed E-state index contributed by atoms with van der Waals surface area (Å²) in [5.74, 6) is 0.201. The zero-order chi connectivity index (χ0) is 14.1. The van der Waals surface area contributed by atoms with Crippen LogP contribution in [-0.2, 0) is 0 Å². The van der Waals surface area contributed by atoms with Crippen molar-refractivity contribution in [2.45, 2.75) is 33.6 Å². The fraction of sp³-hybridized carbons (Fsp3) is 0.562. The second-order valence-corrected chi connectivity index (χ2v) is 4.72. The van der Waals surface area contributed by atoms with Crippen molar-refractivity contribution in [3.63, 3.8) is 0 Å². The number of rotatable bonds is 9. The van der Waals surface area contributed by atoms with E-state index >= 15 is 0 Å². The second-order valence-electron chi connectivity index (χ2n) is 4.72. The molecule has 0 aliphatic carbocycles. The van der Waals surface area contributed by atoms with Crippen molar-refractivity contribution in [2.24, 2.45) is 0 Å². The van der Waals surface area contributed by atoms with Crippen molar-refractivity contribution in [1.29, 1.82) is 0 Å². The third-order valence-corrected chi connectivity index (χ3v) is 3.27. The van der Waals surface area contributed by atoms with Crippen LogP contribution in [-0.4, -0.2) is 36.9 Å². The third-order valence-electron chi connectivity index (χ3n) is 3.27. The number of ketones is 1. The molecule has 1 aromatic carbocycles. The number of carbonyl (C=O) groups excluding carboxylic acids is 1. The predicted octanol–water partition coefficient (Wildman–Crippen LogP) is 3.42. The van der Waals surface area contributed by atoms with E-state index in [1.165, 1.54) is 6.42 Å². The fourth-order valence-corrected chi connectivity index (χ4v) is 2.08. The highest BCUT2D eigenvalue weighted by atomic mass is 16.1. The molecule has 0 heterocycles. The normalized spacial score (nSPS) is 10.7. The van der Waals surface area contributed by atoms with Crippen LogP contribution in [0.4, 0.5) is 5.69 Å². The van der Waals surface area contributed by atoms with Crippen LogP contribution in [0.5, 0.6) is 0 Å². The summed E-state index contributed by atoms with van der Waals surface area (Å²) in [7, 11) is 0. The molecule has 3 heteroatoms. The maximum absolute atomic E-state index is 11.5. The molecule has 106 valence electrons. The van der Waals surface area contributed by atoms with Crippen LogP contribution < -0.4 is 5.32 Å². The number of Topliss-reactive ketones (excluding diaryl/α,β-unsaturated/α-hetero) is 1. The summed E-state index contributed by atoms with van der Waals surface area (Å²) >= 11 is 0. The van der Waals surface area contributed by atoms with Gasteiger partial charge < -0.3 is 10.2 Å². The quantitative estimate of drug-likeness (QED) is 0.692. The van der Waals surface area contributed by atoms with E-state index in [0.717, 1.165) is 37.4 Å². The van der Waals surface area contributed by atoms with Crippen LogP contribution >= 0.6 is 0 Å². The monoisotopic (exact) mass is 262 g/mol. The maximum atomic E-state index is 11.5. The molecule has 0 unspecified atom stereocenters. The number of nitrogens with one attached hydrogen (secondary N) is 1. The first-order valence-electron chi connectivity index (χ1n) is 7.30. The Kier molecular flexibility index (Phi) is 7.19. The van der Waals surface area contributed by atoms with Crippen LogP contribution in [0, 0.1) is 0 Å². The molecular weight excluding hydrogens is 236 g/mol. The van der Waals surface area contributed by atoms with Gasteiger partial charge in [-0.1, -0.05) is 20.8 Å². The second kappa shape index (κ2) is 8.70. The molecule has 0 amide bonds. The molecule has 0 saturated heterocycles. The van der Waals surface area contributed by atoms with Gasteiger partial charge in [0.2, 0.25) is 0 Å². The van der Waals surface area contributed by atoms with Gasteiger partial charge in [0.05, 0.1) is 0 Å². The summed E-state index contributed by atoms with van der Waals surface area (Å²) in [6.45, 7) is 10.5. The Morgan fingerprint density at radius 1 is 1.11 bits per heavy atom. The Labute approximate surface area is 117 Å². The molecule has 1 N–H and O–H groups in total. The lowest BCUT2D eigenvalue weighted by molar-refractivity contribution is 0.0988. The summed E-state index contributed by atoms with van der Waals surface area (Å²) in [6.07, 6.45) is 1.76. The number of benzene rings is 1. The molecule has 1 aromatic rings. The van der Waals surface area contributed by atoms with Crippen LogP contribution in [0.3, 0.4) is 0 Å². The number of likely N-dealkylation sites (N-methyl/N-ethyl adjacent to an activating group) is 1. The first-order valence-corrected chi connectivity index (χ1v) is 7.30. The van der Waals surface area contributed by atoms with E-state index in [1.807, 2.05) is 31.2 Å². The van der Waals surface area contributed by atoms with Crippen LogP contribution in [0.15, 0.2) is 24.3 Å². The molecule has 0 aliphatic rings. The van der Waals surface area contributed by atoms with Gasteiger partial charge in [-0.15, -0.1) is 0 Å². The van der Waals surface area contributed by atoms with E-state index in [4.69, 9.17) is 0 Å². The van der Waals surface area contributed by atoms with E-state index in [2.05, 4.69) is 24.1 Å². The molecule has 0 spiro atoms. The molecule has 0 bridgehead atoms. The van der Waals surface area contributed by atoms with E-state index < -0.39 is 0 Å². The van der Waals surface area contributed by atoms with E-state index in [0.29, 0.717) is 6.42 Å². The van der Waals surface area contributed by atoms with Gasteiger partial charge in [-0.25, -0.2) is 0 Å². The number of hydrogen-bond acceptors (Lipinski definition) is 3. The van der Waals surface area contributed by atoms with Gasteiger partial charge in [0.15, 0.2) is 5.78 Å². The lowest BCUT2D eigenvalue weighted by Gasteiger charge is -2.19. The molecule has 0 saturated carbocycles. The van der Waals surface area contributed by atoms with Crippen molar-refractivity contribution < 1.29 is 4.79 Å². The van der Waals surface area contributed by atoms with Crippen LogP contribution in [0.2, 0.25) is 0 Å². The van der Waals surface area contributed by atoms with Crippen molar-refractivity contribution in [1.82, 2.24) is 4.90 Å². The van der Waals surface area contributed by atoms with Gasteiger partial charge in [0.25, 0.3) is 0 Å². The Balaban J connectivity index is 2.39. The lowest BCUT2D eigenvalue weighted by Crippen LogP contribution is -2.29. The van der Waals surface area contributed by atoms with Crippen molar-refractivity contribution in [3.8, 4) is 0 Å². The zero-order valence-corrected chi connectivity index (χ0v) is 12.4. The van der Waals surface area contributed by atoms with Gasteiger partial charge in [-0.2, -0.15) is 0 Å². The topological polar surface area (TPSA) is 32.3 Å². The summed E-state index contributed by atoms with van der Waals surface area (Å²) < 4.78 is 0. The highest BCUT2D eigenvalue weighted by molar-refractivity contribution is 5.96. The molecule has 19 heavy (non-hydrogen) atoms. The van der Waals surface area contributed by atoms with Gasteiger partial charge in [0, 0.05) is 30.8 Å². The van der Waals surface area contributed by atoms with E-state index in [1.54, 1.807) is 0 Å². The molecule has 1 rings (SSSR count). The van der Waals surface area contributed by atoms with Gasteiger partial charge in [0.1, 0.15) is 0 Å². The summed E-state index contributed by atoms with van der Waals surface area (Å²) in [4.78, 5) is 13.9. The van der Waals surface area contributed by atoms with Crippen molar-refractivity contribution in [3.05, 3.63) is 29.8 Å². The number of anilines is 1. The molecule has 0 radical (unpaired) electrons. The first kappa shape index (κ1) is 15.7. The summed E-state index contributed by atoms with van der Waals surface area (Å²) in [5, 5.41) is 3.40. The van der Waals surface area contributed by atoms with Gasteiger partial charge in [-0.3, -0.25) is 4.79 Å². The van der Waals surface area contributed by atoms with E-state index in [-0.39, 0.29) is 5.78 Å². The highest BCUT2D eigenvalue weighted by Gasteiger charge is 2.03. The minimum Gasteiger partial charge on any atom is -0.384 e. The fourth-order valence-electron chi connectivity index (χ4n) is 2.08. The average molecular weight is 262 g/mol. The highest BCUT2D eigenvalue weighted by Crippen LogP contribution is 2.10. The maximum Gasteiger partial charge on any atom is 0.162 e. The zero-order valence-electron chi connectivity index (χ0n) is 12.4. The number of carbonyl (C=O) groups is 1. The Morgan fingerprint density at radius 2 is 1.79 bits per heavy atom. The third kappa shape index (κ3) is 5.43. The van der Waals surface area contributed by atoms with Gasteiger partial charge >= 0.3 is 0 Å². The Bertz CT molecular complexity index is 373. The smallest absolute Gasteiger partial charge is 0.162 e. The minimum atomic E-state index is 0.201. The summed E-state index contributed by atoms with van der Waals surface area (Å²) in [5.41, 5.74) is 1.88. The average Bonchev–Trinajstić information content (AvgIpc) is 2.46. The Hall–Kier alpha value is -1.35. The van der Waals surface area contributed by atoms with Crippen molar-refractivity contribution in [2.75, 3.05) is 31.5 Å². The first-order chi connectivity index (χ1) is 9.21. The van der Waals surface area contributed by atoms with Crippen LogP contribution in [0.1, 0.15) is 44.0 Å². The minimum absolute atomic E-state index is 0.201. The van der Waals surface area contributed by atoms with E-state index in [9.17, 15) is 4.79 Å². The molecule has 0 aromatic heterocycles. The molecule has 3 nitrogen and oxygen atoms in total. The molecule has 0 fully saturated rings. The SMILES string of the molecule is CCCN(CC)CCNc1ccc(C(=O)CC)cc1.